The Morgan fingerprint density at radius 1 is 1.35 bits per heavy atom. The molecule has 1 heterocycles. The van der Waals surface area contributed by atoms with Crippen LogP contribution in [0.25, 0.3) is 0 Å². The summed E-state index contributed by atoms with van der Waals surface area (Å²) >= 11 is 0. The first kappa shape index (κ1) is 15.3. The molecule has 0 radical (unpaired) electrons. The van der Waals surface area contributed by atoms with E-state index >= 15 is 0 Å². The lowest BCUT2D eigenvalue weighted by Gasteiger charge is -2.24. The fraction of sp³-hybridized carbons (Fsp3) is 0.647. The van der Waals surface area contributed by atoms with Crippen molar-refractivity contribution in [1.29, 1.82) is 0 Å². The molecule has 112 valence electrons. The molecule has 1 aromatic carbocycles. The number of rotatable bonds is 3. The van der Waals surface area contributed by atoms with Gasteiger partial charge in [-0.1, -0.05) is 12.1 Å². The van der Waals surface area contributed by atoms with Crippen molar-refractivity contribution in [2.45, 2.75) is 58.7 Å². The minimum atomic E-state index is -0.543. The Morgan fingerprint density at radius 2 is 2.05 bits per heavy atom. The van der Waals surface area contributed by atoms with Crippen LogP contribution in [-0.4, -0.2) is 29.3 Å². The third-order valence-electron chi connectivity index (χ3n) is 3.88. The molecule has 3 heteroatoms. The van der Waals surface area contributed by atoms with Gasteiger partial charge in [0.05, 0.1) is 5.60 Å². The average Bonchev–Trinajstić information content (AvgIpc) is 2.66. The van der Waals surface area contributed by atoms with Gasteiger partial charge in [-0.3, -0.25) is 0 Å². The number of nitrogens with zero attached hydrogens (tertiary/aromatic N) is 1. The summed E-state index contributed by atoms with van der Waals surface area (Å²) in [4.78, 5) is 2.29. The molecule has 0 spiro atoms. The van der Waals surface area contributed by atoms with Gasteiger partial charge in [-0.05, 0) is 58.2 Å². The third kappa shape index (κ3) is 3.97. The van der Waals surface area contributed by atoms with Crippen molar-refractivity contribution >= 4 is 5.69 Å². The molecule has 1 aliphatic heterocycles. The molecule has 1 atom stereocenters. The van der Waals surface area contributed by atoms with Crippen LogP contribution in [0.15, 0.2) is 18.2 Å². The van der Waals surface area contributed by atoms with E-state index in [1.54, 1.807) is 0 Å². The Kier molecular flexibility index (Phi) is 4.12. The first-order valence-corrected chi connectivity index (χ1v) is 7.48. The van der Waals surface area contributed by atoms with Crippen molar-refractivity contribution in [3.63, 3.8) is 0 Å². The summed E-state index contributed by atoms with van der Waals surface area (Å²) in [5.74, 6) is 0. The van der Waals surface area contributed by atoms with E-state index in [0.29, 0.717) is 0 Å². The van der Waals surface area contributed by atoms with Crippen LogP contribution >= 0.6 is 0 Å². The van der Waals surface area contributed by atoms with Crippen molar-refractivity contribution in [2.75, 3.05) is 18.0 Å². The van der Waals surface area contributed by atoms with Crippen LogP contribution in [0.2, 0.25) is 0 Å². The number of hydrogen-bond acceptors (Lipinski definition) is 3. The second kappa shape index (κ2) is 5.38. The maximum atomic E-state index is 10.1. The second-order valence-corrected chi connectivity index (χ2v) is 7.39. The van der Waals surface area contributed by atoms with Crippen molar-refractivity contribution in [1.82, 2.24) is 5.32 Å². The summed E-state index contributed by atoms with van der Waals surface area (Å²) < 4.78 is 0. The number of β-amino-alcohol motifs (C(OH)–C–C–N with tert-alkyl or cyclic N) is 1. The van der Waals surface area contributed by atoms with Gasteiger partial charge in [-0.2, -0.15) is 0 Å². The monoisotopic (exact) mass is 276 g/mol. The molecule has 0 bridgehead atoms. The highest BCUT2D eigenvalue weighted by molar-refractivity contribution is 5.55. The van der Waals surface area contributed by atoms with Gasteiger partial charge in [0.15, 0.2) is 0 Å². The molecule has 1 aromatic rings. The number of anilines is 1. The molecule has 2 N–H and O–H groups in total. The standard InChI is InChI=1S/C17H28N2O/c1-13-10-14(11-18-16(2,3)4)6-7-15(13)19-9-8-17(5,20)12-19/h6-7,10,18,20H,8-9,11-12H2,1-5H3. The molecule has 20 heavy (non-hydrogen) atoms. The molecule has 0 aliphatic carbocycles. The minimum absolute atomic E-state index is 0.139. The van der Waals surface area contributed by atoms with Crippen LogP contribution in [-0.2, 0) is 6.54 Å². The first-order valence-electron chi connectivity index (χ1n) is 7.48. The highest BCUT2D eigenvalue weighted by Crippen LogP contribution is 2.29. The lowest BCUT2D eigenvalue weighted by Crippen LogP contribution is -2.35. The summed E-state index contributed by atoms with van der Waals surface area (Å²) in [5.41, 5.74) is 3.45. The van der Waals surface area contributed by atoms with Gasteiger partial charge in [0.2, 0.25) is 0 Å². The van der Waals surface area contributed by atoms with Gasteiger partial charge >= 0.3 is 0 Å². The maximum absolute atomic E-state index is 10.1. The molecule has 1 aliphatic rings. The molecule has 1 saturated heterocycles. The van der Waals surface area contributed by atoms with E-state index in [-0.39, 0.29) is 5.54 Å². The maximum Gasteiger partial charge on any atom is 0.0810 e. The molecule has 3 nitrogen and oxygen atoms in total. The Hall–Kier alpha value is -1.06. The fourth-order valence-electron chi connectivity index (χ4n) is 2.70. The Balaban J connectivity index is 2.07. The van der Waals surface area contributed by atoms with Gasteiger partial charge in [0.25, 0.3) is 0 Å². The number of aryl methyl sites for hydroxylation is 1. The van der Waals surface area contributed by atoms with Crippen molar-refractivity contribution < 1.29 is 5.11 Å². The Labute approximate surface area is 123 Å². The molecule has 0 saturated carbocycles. The molecular formula is C17H28N2O. The number of hydrogen-bond donors (Lipinski definition) is 2. The van der Waals surface area contributed by atoms with Crippen LogP contribution in [0.5, 0.6) is 0 Å². The van der Waals surface area contributed by atoms with Gasteiger partial charge in [-0.25, -0.2) is 0 Å². The average molecular weight is 276 g/mol. The zero-order valence-corrected chi connectivity index (χ0v) is 13.5. The van der Waals surface area contributed by atoms with Crippen LogP contribution < -0.4 is 10.2 Å². The predicted molar refractivity (Wildman–Crippen MR) is 85.2 cm³/mol. The number of nitrogens with one attached hydrogen (secondary N) is 1. The summed E-state index contributed by atoms with van der Waals surface area (Å²) in [6.45, 7) is 13.2. The topological polar surface area (TPSA) is 35.5 Å². The minimum Gasteiger partial charge on any atom is -0.388 e. The first-order chi connectivity index (χ1) is 9.16. The lowest BCUT2D eigenvalue weighted by molar-refractivity contribution is 0.0839. The van der Waals surface area contributed by atoms with Crippen molar-refractivity contribution in [3.05, 3.63) is 29.3 Å². The van der Waals surface area contributed by atoms with Crippen molar-refractivity contribution in [3.8, 4) is 0 Å². The van der Waals surface area contributed by atoms with Crippen LogP contribution in [0, 0.1) is 6.92 Å². The second-order valence-electron chi connectivity index (χ2n) is 7.39. The van der Waals surface area contributed by atoms with Gasteiger partial charge < -0.3 is 15.3 Å². The number of aliphatic hydroxyl groups is 1. The molecule has 0 aromatic heterocycles. The Bertz CT molecular complexity index is 474. The third-order valence-corrected chi connectivity index (χ3v) is 3.88. The quantitative estimate of drug-likeness (QED) is 0.891. The van der Waals surface area contributed by atoms with Gasteiger partial charge in [0, 0.05) is 30.9 Å². The summed E-state index contributed by atoms with van der Waals surface area (Å²) in [5, 5.41) is 13.6. The highest BCUT2D eigenvalue weighted by Gasteiger charge is 2.31. The van der Waals surface area contributed by atoms with Gasteiger partial charge in [0.1, 0.15) is 0 Å². The van der Waals surface area contributed by atoms with E-state index < -0.39 is 5.60 Å². The SMILES string of the molecule is Cc1cc(CNC(C)(C)C)ccc1N1CCC(C)(O)C1. The van der Waals surface area contributed by atoms with Crippen LogP contribution in [0.3, 0.4) is 0 Å². The molecule has 0 amide bonds. The highest BCUT2D eigenvalue weighted by atomic mass is 16.3. The zero-order chi connectivity index (χ0) is 15.0. The van der Waals surface area contributed by atoms with E-state index in [4.69, 9.17) is 0 Å². The fourth-order valence-corrected chi connectivity index (χ4v) is 2.70. The van der Waals surface area contributed by atoms with E-state index in [2.05, 4.69) is 56.1 Å². The zero-order valence-electron chi connectivity index (χ0n) is 13.5. The van der Waals surface area contributed by atoms with E-state index in [1.807, 2.05) is 6.92 Å². The Morgan fingerprint density at radius 3 is 2.55 bits per heavy atom. The van der Waals surface area contributed by atoms with E-state index in [1.165, 1.54) is 16.8 Å². The van der Waals surface area contributed by atoms with E-state index in [9.17, 15) is 5.11 Å². The molecular weight excluding hydrogens is 248 g/mol. The smallest absolute Gasteiger partial charge is 0.0810 e. The summed E-state index contributed by atoms with van der Waals surface area (Å²) in [6, 6.07) is 6.63. The summed E-state index contributed by atoms with van der Waals surface area (Å²) in [7, 11) is 0. The van der Waals surface area contributed by atoms with Gasteiger partial charge in [-0.15, -0.1) is 0 Å². The van der Waals surface area contributed by atoms with Crippen LogP contribution in [0.4, 0.5) is 5.69 Å². The van der Waals surface area contributed by atoms with Crippen molar-refractivity contribution in [2.24, 2.45) is 0 Å². The van der Waals surface area contributed by atoms with E-state index in [0.717, 1.165) is 26.1 Å². The normalized spacial score (nSPS) is 23.4. The molecule has 1 unspecified atom stereocenters. The number of benzene rings is 1. The summed E-state index contributed by atoms with van der Waals surface area (Å²) in [6.07, 6.45) is 0.847. The molecule has 2 rings (SSSR count). The predicted octanol–water partition coefficient (Wildman–Crippen LogP) is 2.84. The molecule has 1 fully saturated rings. The lowest BCUT2D eigenvalue weighted by atomic mass is 10.1. The largest absolute Gasteiger partial charge is 0.388 e. The van der Waals surface area contributed by atoms with Crippen LogP contribution in [0.1, 0.15) is 45.2 Å².